The first-order valence-corrected chi connectivity index (χ1v) is 6.48. The summed E-state index contributed by atoms with van der Waals surface area (Å²) >= 11 is 0. The van der Waals surface area contributed by atoms with Crippen LogP contribution in [0, 0.1) is 11.8 Å². The normalized spacial score (nSPS) is 27.2. The summed E-state index contributed by atoms with van der Waals surface area (Å²) in [4.78, 5) is 4.24. The Balaban J connectivity index is 2.06. The molecule has 3 heteroatoms. The molecule has 16 heavy (non-hydrogen) atoms. The highest BCUT2D eigenvalue weighted by molar-refractivity contribution is 5.04. The Kier molecular flexibility index (Phi) is 3.64. The number of nitrogens with two attached hydrogens (primary N) is 1. The Morgan fingerprint density at radius 3 is 3.00 bits per heavy atom. The predicted octanol–water partition coefficient (Wildman–Crippen LogP) is 2.73. The maximum Gasteiger partial charge on any atom is 0.0948 e. The highest BCUT2D eigenvalue weighted by Crippen LogP contribution is 2.32. The molecule has 1 heterocycles. The average molecular weight is 221 g/mol. The molecule has 1 aromatic rings. The molecule has 0 aromatic carbocycles. The Morgan fingerprint density at radius 1 is 1.56 bits per heavy atom. The first-order valence-electron chi connectivity index (χ1n) is 6.48. The highest BCUT2D eigenvalue weighted by atomic mass is 15.1. The van der Waals surface area contributed by atoms with Crippen LogP contribution in [0.4, 0.5) is 0 Å². The number of hydrogen-bond donors (Lipinski definition) is 1. The summed E-state index contributed by atoms with van der Waals surface area (Å²) in [6.45, 7) is 5.60. The number of nitrogens with zero attached hydrogens (tertiary/aromatic N) is 2. The molecule has 0 bridgehead atoms. The van der Waals surface area contributed by atoms with Crippen molar-refractivity contribution in [3.63, 3.8) is 0 Å². The molecule has 1 aromatic heterocycles. The number of hydrogen-bond acceptors (Lipinski definition) is 2. The summed E-state index contributed by atoms with van der Waals surface area (Å²) in [5.74, 6) is 1.67. The Morgan fingerprint density at radius 2 is 2.38 bits per heavy atom. The average Bonchev–Trinajstić information content (AvgIpc) is 2.88. The summed E-state index contributed by atoms with van der Waals surface area (Å²) in [5.41, 5.74) is 7.28. The van der Waals surface area contributed by atoms with Crippen LogP contribution in [0.5, 0.6) is 0 Å². The van der Waals surface area contributed by atoms with Gasteiger partial charge in [-0.1, -0.05) is 26.7 Å². The van der Waals surface area contributed by atoms with Crippen molar-refractivity contribution in [3.8, 4) is 0 Å². The van der Waals surface area contributed by atoms with Gasteiger partial charge in [-0.3, -0.25) is 0 Å². The molecule has 1 saturated carbocycles. The molecule has 1 aliphatic rings. The maximum atomic E-state index is 6.09. The molecule has 1 fully saturated rings. The van der Waals surface area contributed by atoms with Crippen molar-refractivity contribution in [1.29, 1.82) is 0 Å². The number of imidazole rings is 1. The van der Waals surface area contributed by atoms with Crippen molar-refractivity contribution >= 4 is 0 Å². The molecule has 0 radical (unpaired) electrons. The van der Waals surface area contributed by atoms with Gasteiger partial charge in [0, 0.05) is 18.8 Å². The van der Waals surface area contributed by atoms with Gasteiger partial charge in [-0.2, -0.15) is 0 Å². The van der Waals surface area contributed by atoms with Crippen LogP contribution in [-0.2, 0) is 6.54 Å². The van der Waals surface area contributed by atoms with Gasteiger partial charge >= 0.3 is 0 Å². The zero-order valence-electron chi connectivity index (χ0n) is 10.4. The fourth-order valence-electron chi connectivity index (χ4n) is 2.75. The van der Waals surface area contributed by atoms with E-state index in [-0.39, 0.29) is 6.04 Å². The maximum absolute atomic E-state index is 6.09. The zero-order chi connectivity index (χ0) is 11.5. The molecule has 1 aliphatic carbocycles. The van der Waals surface area contributed by atoms with Crippen LogP contribution in [0.3, 0.4) is 0 Å². The summed E-state index contributed by atoms with van der Waals surface area (Å²) in [6, 6.07) is 0.138. The van der Waals surface area contributed by atoms with Gasteiger partial charge in [0.05, 0.1) is 12.0 Å². The van der Waals surface area contributed by atoms with E-state index in [0.717, 1.165) is 24.8 Å². The smallest absolute Gasteiger partial charge is 0.0948 e. The van der Waals surface area contributed by atoms with Crippen LogP contribution >= 0.6 is 0 Å². The van der Waals surface area contributed by atoms with E-state index in [1.54, 1.807) is 0 Å². The second kappa shape index (κ2) is 5.00. The van der Waals surface area contributed by atoms with E-state index < -0.39 is 0 Å². The van der Waals surface area contributed by atoms with Gasteiger partial charge in [0.15, 0.2) is 0 Å². The van der Waals surface area contributed by atoms with E-state index in [0.29, 0.717) is 0 Å². The molecule has 3 atom stereocenters. The van der Waals surface area contributed by atoms with Crippen molar-refractivity contribution in [2.75, 3.05) is 0 Å². The lowest BCUT2D eigenvalue weighted by Crippen LogP contribution is -2.19. The summed E-state index contributed by atoms with van der Waals surface area (Å²) in [6.07, 6.45) is 8.97. The van der Waals surface area contributed by atoms with Crippen molar-refractivity contribution < 1.29 is 0 Å². The van der Waals surface area contributed by atoms with Gasteiger partial charge in [-0.15, -0.1) is 0 Å². The molecule has 3 nitrogen and oxygen atoms in total. The fourth-order valence-corrected chi connectivity index (χ4v) is 2.75. The van der Waals surface area contributed by atoms with E-state index >= 15 is 0 Å². The molecule has 90 valence electrons. The molecular weight excluding hydrogens is 198 g/mol. The van der Waals surface area contributed by atoms with Crippen LogP contribution < -0.4 is 5.73 Å². The van der Waals surface area contributed by atoms with Gasteiger partial charge in [0.1, 0.15) is 0 Å². The van der Waals surface area contributed by atoms with Crippen LogP contribution in [0.15, 0.2) is 12.5 Å². The first kappa shape index (κ1) is 11.6. The van der Waals surface area contributed by atoms with E-state index in [1.165, 1.54) is 25.0 Å². The molecule has 0 spiro atoms. The fraction of sp³-hybridized carbons (Fsp3) is 0.769. The van der Waals surface area contributed by atoms with Gasteiger partial charge < -0.3 is 10.3 Å². The lowest BCUT2D eigenvalue weighted by Gasteiger charge is -2.19. The van der Waals surface area contributed by atoms with Crippen LogP contribution in [0.1, 0.15) is 51.3 Å². The molecule has 0 aliphatic heterocycles. The first-order chi connectivity index (χ1) is 7.72. The lowest BCUT2D eigenvalue weighted by atomic mass is 9.98. The third-order valence-corrected chi connectivity index (χ3v) is 4.03. The van der Waals surface area contributed by atoms with Gasteiger partial charge in [0.2, 0.25) is 0 Å². The number of aromatic nitrogens is 2. The van der Waals surface area contributed by atoms with E-state index in [4.69, 9.17) is 5.73 Å². The summed E-state index contributed by atoms with van der Waals surface area (Å²) < 4.78 is 2.26. The SMILES string of the molecule is CC[C@@H](N)c1cncn1CC1CCCC1C. The molecule has 2 N–H and O–H groups in total. The van der Waals surface area contributed by atoms with Crippen molar-refractivity contribution in [1.82, 2.24) is 9.55 Å². The van der Waals surface area contributed by atoms with Crippen LogP contribution in [0.25, 0.3) is 0 Å². The van der Waals surface area contributed by atoms with E-state index in [9.17, 15) is 0 Å². The minimum Gasteiger partial charge on any atom is -0.333 e. The Bertz CT molecular complexity index is 332. The summed E-state index contributed by atoms with van der Waals surface area (Å²) in [7, 11) is 0. The Hall–Kier alpha value is -0.830. The molecule has 0 amide bonds. The van der Waals surface area contributed by atoms with Crippen molar-refractivity contribution in [2.45, 2.75) is 52.1 Å². The lowest BCUT2D eigenvalue weighted by molar-refractivity contribution is 0.356. The predicted molar refractivity (Wildman–Crippen MR) is 66.0 cm³/mol. The summed E-state index contributed by atoms with van der Waals surface area (Å²) in [5, 5.41) is 0. The minimum absolute atomic E-state index is 0.138. The van der Waals surface area contributed by atoms with E-state index in [2.05, 4.69) is 23.4 Å². The molecule has 2 rings (SSSR count). The topological polar surface area (TPSA) is 43.8 Å². The quantitative estimate of drug-likeness (QED) is 0.849. The molecule has 2 unspecified atom stereocenters. The molecular formula is C13H23N3. The zero-order valence-corrected chi connectivity index (χ0v) is 10.4. The third kappa shape index (κ3) is 2.29. The standard InChI is InChI=1S/C13H23N3/c1-3-12(14)13-7-15-9-16(13)8-11-6-4-5-10(11)2/h7,9-12H,3-6,8,14H2,1-2H3/t10?,11?,12-/m1/s1. The van der Waals surface area contributed by atoms with E-state index in [1.807, 2.05) is 12.5 Å². The largest absolute Gasteiger partial charge is 0.333 e. The third-order valence-electron chi connectivity index (χ3n) is 4.03. The second-order valence-electron chi connectivity index (χ2n) is 5.15. The highest BCUT2D eigenvalue weighted by Gasteiger charge is 2.24. The van der Waals surface area contributed by atoms with Gasteiger partial charge in [-0.05, 0) is 24.7 Å². The minimum atomic E-state index is 0.138. The van der Waals surface area contributed by atoms with Crippen LogP contribution in [0.2, 0.25) is 0 Å². The van der Waals surface area contributed by atoms with Gasteiger partial charge in [-0.25, -0.2) is 4.98 Å². The second-order valence-corrected chi connectivity index (χ2v) is 5.15. The monoisotopic (exact) mass is 221 g/mol. The van der Waals surface area contributed by atoms with Crippen LogP contribution in [-0.4, -0.2) is 9.55 Å². The number of rotatable bonds is 4. The van der Waals surface area contributed by atoms with Crippen molar-refractivity contribution in [3.05, 3.63) is 18.2 Å². The Labute approximate surface area is 98.1 Å². The molecule has 0 saturated heterocycles. The van der Waals surface area contributed by atoms with Gasteiger partial charge in [0.25, 0.3) is 0 Å². The van der Waals surface area contributed by atoms with Crippen molar-refractivity contribution in [2.24, 2.45) is 17.6 Å².